The van der Waals surface area contributed by atoms with Crippen molar-refractivity contribution in [3.05, 3.63) is 58.5 Å². The summed E-state index contributed by atoms with van der Waals surface area (Å²) in [4.78, 5) is 16.2. The van der Waals surface area contributed by atoms with Gasteiger partial charge >= 0.3 is 0 Å². The zero-order valence-electron chi connectivity index (χ0n) is 9.72. The van der Waals surface area contributed by atoms with E-state index in [4.69, 9.17) is 0 Å². The van der Waals surface area contributed by atoms with Gasteiger partial charge in [-0.2, -0.15) is 0 Å². The molecule has 4 heteroatoms. The third-order valence-electron chi connectivity index (χ3n) is 2.52. The fourth-order valence-electron chi connectivity index (χ4n) is 1.63. The van der Waals surface area contributed by atoms with Crippen LogP contribution in [-0.4, -0.2) is 9.55 Å². The molecule has 0 fully saturated rings. The predicted octanol–water partition coefficient (Wildman–Crippen LogP) is 2.50. The van der Waals surface area contributed by atoms with E-state index in [-0.39, 0.29) is 17.3 Å². The van der Waals surface area contributed by atoms with Crippen LogP contribution in [0.5, 0.6) is 0 Å². The second-order valence-corrected chi connectivity index (χ2v) is 4.12. The molecule has 0 spiro atoms. The molecule has 0 N–H and O–H groups in total. The highest BCUT2D eigenvalue weighted by atomic mass is 19.1. The summed E-state index contributed by atoms with van der Waals surface area (Å²) in [5.74, 6) is -0.254. The number of aromatic nitrogens is 2. The van der Waals surface area contributed by atoms with E-state index in [1.807, 2.05) is 13.8 Å². The van der Waals surface area contributed by atoms with Gasteiger partial charge in [-0.25, -0.2) is 4.39 Å². The van der Waals surface area contributed by atoms with E-state index in [0.29, 0.717) is 11.4 Å². The lowest BCUT2D eigenvalue weighted by molar-refractivity contribution is 0.627. The first-order chi connectivity index (χ1) is 8.09. The van der Waals surface area contributed by atoms with Crippen LogP contribution in [0.25, 0.3) is 5.69 Å². The fraction of sp³-hybridized carbons (Fsp3) is 0.231. The average Bonchev–Trinajstić information content (AvgIpc) is 2.30. The van der Waals surface area contributed by atoms with Crippen molar-refractivity contribution in [3.63, 3.8) is 0 Å². The standard InChI is InChI=1S/C13H13FN2O/c1-9(2)12-13(17)16(8-7-15-12)11-5-3-10(14)4-6-11/h3-9H,1-2H3. The van der Waals surface area contributed by atoms with Gasteiger partial charge in [0.25, 0.3) is 5.56 Å². The van der Waals surface area contributed by atoms with Crippen LogP contribution in [0.2, 0.25) is 0 Å². The quantitative estimate of drug-likeness (QED) is 0.797. The first-order valence-corrected chi connectivity index (χ1v) is 5.43. The predicted molar refractivity (Wildman–Crippen MR) is 63.9 cm³/mol. The van der Waals surface area contributed by atoms with Crippen LogP contribution in [-0.2, 0) is 0 Å². The highest BCUT2D eigenvalue weighted by Crippen LogP contribution is 2.09. The Bertz CT molecular complexity index is 573. The van der Waals surface area contributed by atoms with Gasteiger partial charge < -0.3 is 0 Å². The van der Waals surface area contributed by atoms with Crippen molar-refractivity contribution < 1.29 is 4.39 Å². The molecule has 1 aromatic heterocycles. The van der Waals surface area contributed by atoms with Crippen molar-refractivity contribution in [2.75, 3.05) is 0 Å². The van der Waals surface area contributed by atoms with Crippen molar-refractivity contribution >= 4 is 0 Å². The molecule has 2 rings (SSSR count). The van der Waals surface area contributed by atoms with Crippen LogP contribution in [0.3, 0.4) is 0 Å². The monoisotopic (exact) mass is 232 g/mol. The lowest BCUT2D eigenvalue weighted by Gasteiger charge is -2.08. The third kappa shape index (κ3) is 2.25. The Morgan fingerprint density at radius 2 is 1.88 bits per heavy atom. The van der Waals surface area contributed by atoms with E-state index >= 15 is 0 Å². The maximum absolute atomic E-state index is 12.8. The third-order valence-corrected chi connectivity index (χ3v) is 2.52. The molecule has 2 aromatic rings. The highest BCUT2D eigenvalue weighted by Gasteiger charge is 2.09. The molecule has 1 heterocycles. The number of rotatable bonds is 2. The molecule has 17 heavy (non-hydrogen) atoms. The Morgan fingerprint density at radius 1 is 1.24 bits per heavy atom. The molecule has 0 unspecified atom stereocenters. The van der Waals surface area contributed by atoms with Gasteiger partial charge in [0.05, 0.1) is 0 Å². The summed E-state index contributed by atoms with van der Waals surface area (Å²) in [5, 5.41) is 0. The fourth-order valence-corrected chi connectivity index (χ4v) is 1.63. The maximum Gasteiger partial charge on any atom is 0.277 e. The number of hydrogen-bond acceptors (Lipinski definition) is 2. The van der Waals surface area contributed by atoms with Gasteiger partial charge in [-0.3, -0.25) is 14.3 Å². The molecule has 88 valence electrons. The van der Waals surface area contributed by atoms with Gasteiger partial charge in [0.15, 0.2) is 0 Å². The van der Waals surface area contributed by atoms with Crippen LogP contribution in [0, 0.1) is 5.82 Å². The summed E-state index contributed by atoms with van der Waals surface area (Å²) in [6.45, 7) is 3.83. The van der Waals surface area contributed by atoms with Gasteiger partial charge in [-0.05, 0) is 24.3 Å². The van der Waals surface area contributed by atoms with Crippen LogP contribution in [0.15, 0.2) is 41.5 Å². The van der Waals surface area contributed by atoms with Gasteiger partial charge in [0.1, 0.15) is 11.5 Å². The molecule has 0 aliphatic rings. The first-order valence-electron chi connectivity index (χ1n) is 5.43. The number of hydrogen-bond donors (Lipinski definition) is 0. The minimum absolute atomic E-state index is 0.0652. The lowest BCUT2D eigenvalue weighted by atomic mass is 10.1. The molecule has 0 saturated heterocycles. The Morgan fingerprint density at radius 3 is 2.47 bits per heavy atom. The van der Waals surface area contributed by atoms with Crippen LogP contribution in [0.4, 0.5) is 4.39 Å². The summed E-state index contributed by atoms with van der Waals surface area (Å²) in [6.07, 6.45) is 3.17. The summed E-state index contributed by atoms with van der Waals surface area (Å²) in [5.41, 5.74) is 0.992. The number of halogens is 1. The van der Waals surface area contributed by atoms with Gasteiger partial charge in [0, 0.05) is 24.0 Å². The second-order valence-electron chi connectivity index (χ2n) is 4.12. The van der Waals surface area contributed by atoms with Crippen LogP contribution >= 0.6 is 0 Å². The molecular weight excluding hydrogens is 219 g/mol. The molecule has 0 atom stereocenters. The molecular formula is C13H13FN2O. The van der Waals surface area contributed by atoms with E-state index < -0.39 is 0 Å². The summed E-state index contributed by atoms with van der Waals surface area (Å²) < 4.78 is 14.3. The van der Waals surface area contributed by atoms with E-state index in [1.165, 1.54) is 16.7 Å². The SMILES string of the molecule is CC(C)c1nccn(-c2ccc(F)cc2)c1=O. The van der Waals surface area contributed by atoms with Crippen molar-refractivity contribution in [1.82, 2.24) is 9.55 Å². The molecule has 0 radical (unpaired) electrons. The first kappa shape index (κ1) is 11.5. The average molecular weight is 232 g/mol. The van der Waals surface area contributed by atoms with E-state index in [9.17, 15) is 9.18 Å². The van der Waals surface area contributed by atoms with Gasteiger partial charge in [-0.15, -0.1) is 0 Å². The molecule has 0 saturated carbocycles. The molecule has 0 amide bonds. The largest absolute Gasteiger partial charge is 0.281 e. The molecule has 0 bridgehead atoms. The van der Waals surface area contributed by atoms with E-state index in [0.717, 1.165) is 0 Å². The van der Waals surface area contributed by atoms with Gasteiger partial charge in [0.2, 0.25) is 0 Å². The normalized spacial score (nSPS) is 10.8. The number of nitrogens with zero attached hydrogens (tertiary/aromatic N) is 2. The Kier molecular flexibility index (Phi) is 3.04. The summed E-state index contributed by atoms with van der Waals surface area (Å²) in [7, 11) is 0. The topological polar surface area (TPSA) is 34.9 Å². The molecule has 3 nitrogen and oxygen atoms in total. The molecule has 0 aliphatic carbocycles. The van der Waals surface area contributed by atoms with E-state index in [1.54, 1.807) is 24.5 Å². The van der Waals surface area contributed by atoms with Crippen molar-refractivity contribution in [2.24, 2.45) is 0 Å². The molecule has 0 aliphatic heterocycles. The Balaban J connectivity index is 2.57. The maximum atomic E-state index is 12.8. The van der Waals surface area contributed by atoms with Crippen molar-refractivity contribution in [1.29, 1.82) is 0 Å². The Labute approximate surface area is 98.6 Å². The second kappa shape index (κ2) is 4.49. The molecule has 1 aromatic carbocycles. The lowest BCUT2D eigenvalue weighted by Crippen LogP contribution is -2.23. The van der Waals surface area contributed by atoms with Crippen molar-refractivity contribution in [3.8, 4) is 5.69 Å². The van der Waals surface area contributed by atoms with Crippen molar-refractivity contribution in [2.45, 2.75) is 19.8 Å². The smallest absolute Gasteiger partial charge is 0.277 e. The minimum atomic E-state index is -0.320. The number of benzene rings is 1. The summed E-state index contributed by atoms with van der Waals surface area (Å²) >= 11 is 0. The zero-order valence-corrected chi connectivity index (χ0v) is 9.72. The zero-order chi connectivity index (χ0) is 12.4. The summed E-state index contributed by atoms with van der Waals surface area (Å²) in [6, 6.07) is 5.80. The van der Waals surface area contributed by atoms with Crippen LogP contribution in [0.1, 0.15) is 25.5 Å². The highest BCUT2D eigenvalue weighted by molar-refractivity contribution is 5.32. The minimum Gasteiger partial charge on any atom is -0.281 e. The van der Waals surface area contributed by atoms with E-state index in [2.05, 4.69) is 4.98 Å². The Hall–Kier alpha value is -1.97. The van der Waals surface area contributed by atoms with Crippen LogP contribution < -0.4 is 5.56 Å². The van der Waals surface area contributed by atoms with Gasteiger partial charge in [-0.1, -0.05) is 13.8 Å².